The Morgan fingerprint density at radius 2 is 1.90 bits per heavy atom. The molecule has 3 fully saturated rings. The van der Waals surface area contributed by atoms with Crippen LogP contribution in [0.1, 0.15) is 43.8 Å². The summed E-state index contributed by atoms with van der Waals surface area (Å²) in [6.45, 7) is 2.41. The molecular formula is C15H23N5. The van der Waals surface area contributed by atoms with Crippen LogP contribution in [-0.4, -0.2) is 47.1 Å². The van der Waals surface area contributed by atoms with Gasteiger partial charge < -0.3 is 10.6 Å². The van der Waals surface area contributed by atoms with E-state index in [0.717, 1.165) is 23.5 Å². The van der Waals surface area contributed by atoms with Crippen LogP contribution in [0.5, 0.6) is 0 Å². The number of aromatic nitrogens is 2. The highest BCUT2D eigenvalue weighted by molar-refractivity contribution is 5.48. The molecule has 0 aromatic carbocycles. The predicted molar refractivity (Wildman–Crippen MR) is 80.2 cm³/mol. The van der Waals surface area contributed by atoms with Crippen molar-refractivity contribution in [3.8, 4) is 0 Å². The zero-order chi connectivity index (χ0) is 13.5. The molecule has 1 unspecified atom stereocenters. The number of nitrogens with zero attached hydrogens (tertiary/aromatic N) is 3. The Morgan fingerprint density at radius 1 is 1.10 bits per heavy atom. The average molecular weight is 273 g/mol. The largest absolute Gasteiger partial charge is 0.373 e. The Bertz CT molecular complexity index is 495. The van der Waals surface area contributed by atoms with Crippen molar-refractivity contribution in [2.24, 2.45) is 0 Å². The standard InChI is InChI=1S/C15H23N5/c1-16-13-8-14(19-15(18-13)10-2-3-10)17-11-6-7-20(9-11)12-4-5-12/h8,10-12H,2-7,9H2,1H3,(H2,16,17,18,19). The lowest BCUT2D eigenvalue weighted by Gasteiger charge is -2.17. The van der Waals surface area contributed by atoms with Crippen molar-refractivity contribution in [2.45, 2.75) is 50.1 Å². The van der Waals surface area contributed by atoms with Crippen LogP contribution < -0.4 is 10.6 Å². The number of rotatable bonds is 5. The van der Waals surface area contributed by atoms with Crippen molar-refractivity contribution in [2.75, 3.05) is 30.8 Å². The molecule has 1 aromatic rings. The summed E-state index contributed by atoms with van der Waals surface area (Å²) in [6, 6.07) is 3.45. The first-order valence-corrected chi connectivity index (χ1v) is 7.89. The van der Waals surface area contributed by atoms with Gasteiger partial charge in [-0.05, 0) is 32.1 Å². The molecule has 1 saturated heterocycles. The number of nitrogens with one attached hydrogen (secondary N) is 2. The Balaban J connectivity index is 1.45. The number of hydrogen-bond acceptors (Lipinski definition) is 5. The Labute approximate surface area is 120 Å². The molecule has 3 aliphatic rings. The van der Waals surface area contributed by atoms with Gasteiger partial charge in [-0.25, -0.2) is 9.97 Å². The zero-order valence-electron chi connectivity index (χ0n) is 12.1. The van der Waals surface area contributed by atoms with Gasteiger partial charge in [-0.1, -0.05) is 0 Å². The van der Waals surface area contributed by atoms with Crippen LogP contribution in [0.25, 0.3) is 0 Å². The minimum atomic E-state index is 0.544. The van der Waals surface area contributed by atoms with E-state index in [1.54, 1.807) is 0 Å². The third-order valence-corrected chi connectivity index (χ3v) is 4.58. The molecule has 0 spiro atoms. The summed E-state index contributed by atoms with van der Waals surface area (Å²) >= 11 is 0. The molecule has 5 heteroatoms. The zero-order valence-corrected chi connectivity index (χ0v) is 12.1. The number of anilines is 2. The first kappa shape index (κ1) is 12.4. The molecule has 2 aliphatic carbocycles. The van der Waals surface area contributed by atoms with Gasteiger partial charge >= 0.3 is 0 Å². The van der Waals surface area contributed by atoms with Gasteiger partial charge in [0.15, 0.2) is 0 Å². The molecule has 1 aliphatic heterocycles. The molecule has 4 rings (SSSR count). The van der Waals surface area contributed by atoms with E-state index >= 15 is 0 Å². The quantitative estimate of drug-likeness (QED) is 0.860. The second-order valence-electron chi connectivity index (χ2n) is 6.38. The van der Waals surface area contributed by atoms with E-state index in [-0.39, 0.29) is 0 Å². The molecule has 1 aromatic heterocycles. The Kier molecular flexibility index (Phi) is 3.02. The van der Waals surface area contributed by atoms with Crippen LogP contribution >= 0.6 is 0 Å². The maximum absolute atomic E-state index is 4.71. The minimum absolute atomic E-state index is 0.544. The first-order valence-electron chi connectivity index (χ1n) is 7.89. The summed E-state index contributed by atoms with van der Waals surface area (Å²) < 4.78 is 0. The lowest BCUT2D eigenvalue weighted by molar-refractivity contribution is 0.326. The van der Waals surface area contributed by atoms with Crippen LogP contribution in [-0.2, 0) is 0 Å². The minimum Gasteiger partial charge on any atom is -0.373 e. The third kappa shape index (κ3) is 2.59. The van der Waals surface area contributed by atoms with Gasteiger partial charge in [0, 0.05) is 44.2 Å². The summed E-state index contributed by atoms with van der Waals surface area (Å²) in [5.41, 5.74) is 0. The second-order valence-corrected chi connectivity index (χ2v) is 6.38. The fourth-order valence-corrected chi connectivity index (χ4v) is 3.08. The van der Waals surface area contributed by atoms with E-state index in [1.807, 2.05) is 13.1 Å². The van der Waals surface area contributed by atoms with Crippen molar-refractivity contribution >= 4 is 11.6 Å². The predicted octanol–water partition coefficient (Wildman–Crippen LogP) is 2.04. The van der Waals surface area contributed by atoms with Gasteiger partial charge in [0.2, 0.25) is 0 Å². The van der Waals surface area contributed by atoms with E-state index in [9.17, 15) is 0 Å². The molecule has 2 saturated carbocycles. The van der Waals surface area contributed by atoms with Crippen molar-refractivity contribution in [1.29, 1.82) is 0 Å². The molecule has 0 radical (unpaired) electrons. The fourth-order valence-electron chi connectivity index (χ4n) is 3.08. The van der Waals surface area contributed by atoms with E-state index in [0.29, 0.717) is 12.0 Å². The first-order chi connectivity index (χ1) is 9.81. The summed E-state index contributed by atoms with van der Waals surface area (Å²) in [6.07, 6.45) is 6.51. The Hall–Kier alpha value is -1.36. The molecule has 0 amide bonds. The van der Waals surface area contributed by atoms with Crippen LogP contribution in [0.15, 0.2) is 6.07 Å². The SMILES string of the molecule is CNc1cc(NC2CCN(C3CC3)C2)nc(C2CC2)n1. The van der Waals surface area contributed by atoms with E-state index in [2.05, 4.69) is 20.5 Å². The molecule has 5 nitrogen and oxygen atoms in total. The van der Waals surface area contributed by atoms with Crippen LogP contribution in [0.3, 0.4) is 0 Å². The van der Waals surface area contributed by atoms with Gasteiger partial charge in [-0.3, -0.25) is 4.90 Å². The number of hydrogen-bond donors (Lipinski definition) is 2. The highest BCUT2D eigenvalue weighted by Gasteiger charge is 2.34. The smallest absolute Gasteiger partial charge is 0.136 e. The summed E-state index contributed by atoms with van der Waals surface area (Å²) in [7, 11) is 1.92. The summed E-state index contributed by atoms with van der Waals surface area (Å²) in [5.74, 6) is 3.53. The molecule has 20 heavy (non-hydrogen) atoms. The van der Waals surface area contributed by atoms with Crippen LogP contribution in [0, 0.1) is 0 Å². The van der Waals surface area contributed by atoms with Crippen molar-refractivity contribution < 1.29 is 0 Å². The summed E-state index contributed by atoms with van der Waals surface area (Å²) in [5, 5.41) is 6.77. The molecule has 108 valence electrons. The van der Waals surface area contributed by atoms with Crippen LogP contribution in [0.2, 0.25) is 0 Å². The van der Waals surface area contributed by atoms with Crippen LogP contribution in [0.4, 0.5) is 11.6 Å². The van der Waals surface area contributed by atoms with Gasteiger partial charge in [0.05, 0.1) is 0 Å². The third-order valence-electron chi connectivity index (χ3n) is 4.58. The number of likely N-dealkylation sites (tertiary alicyclic amines) is 1. The van der Waals surface area contributed by atoms with Crippen molar-refractivity contribution in [3.63, 3.8) is 0 Å². The monoisotopic (exact) mass is 273 g/mol. The summed E-state index contributed by atoms with van der Waals surface area (Å²) in [4.78, 5) is 11.9. The van der Waals surface area contributed by atoms with E-state index in [4.69, 9.17) is 4.98 Å². The van der Waals surface area contributed by atoms with Gasteiger partial charge in [-0.2, -0.15) is 0 Å². The van der Waals surface area contributed by atoms with Crippen molar-refractivity contribution in [3.05, 3.63) is 11.9 Å². The van der Waals surface area contributed by atoms with Gasteiger partial charge in [0.1, 0.15) is 17.5 Å². The maximum Gasteiger partial charge on any atom is 0.136 e. The lowest BCUT2D eigenvalue weighted by atomic mass is 10.2. The van der Waals surface area contributed by atoms with E-state index in [1.165, 1.54) is 45.2 Å². The van der Waals surface area contributed by atoms with Gasteiger partial charge in [-0.15, -0.1) is 0 Å². The van der Waals surface area contributed by atoms with E-state index < -0.39 is 0 Å². The fraction of sp³-hybridized carbons (Fsp3) is 0.733. The topological polar surface area (TPSA) is 53.1 Å². The molecule has 2 heterocycles. The molecule has 1 atom stereocenters. The van der Waals surface area contributed by atoms with Gasteiger partial charge in [0.25, 0.3) is 0 Å². The molecular weight excluding hydrogens is 250 g/mol. The maximum atomic E-state index is 4.71. The normalized spacial score (nSPS) is 26.8. The highest BCUT2D eigenvalue weighted by Crippen LogP contribution is 2.39. The average Bonchev–Trinajstić information content (AvgIpc) is 3.37. The van der Waals surface area contributed by atoms with Crippen molar-refractivity contribution in [1.82, 2.24) is 14.9 Å². The second kappa shape index (κ2) is 4.88. The lowest BCUT2D eigenvalue weighted by Crippen LogP contribution is -2.28. The molecule has 0 bridgehead atoms. The highest BCUT2D eigenvalue weighted by atomic mass is 15.2. The Morgan fingerprint density at radius 3 is 2.60 bits per heavy atom. The molecule has 2 N–H and O–H groups in total.